The summed E-state index contributed by atoms with van der Waals surface area (Å²) in [5, 5.41) is 0. The molecule has 1 unspecified atom stereocenters. The molecule has 5 heteroatoms. The van der Waals surface area contributed by atoms with E-state index in [4.69, 9.17) is 32.2 Å². The molecule has 2 N–H and O–H groups in total. The van der Waals surface area contributed by atoms with Crippen molar-refractivity contribution in [2.75, 3.05) is 26.4 Å². The first kappa shape index (κ1) is 16.9. The molecule has 0 aliphatic heterocycles. The quantitative estimate of drug-likeness (QED) is 0.531. The first-order valence-corrected chi connectivity index (χ1v) is 7.26. The lowest BCUT2D eigenvalue weighted by atomic mass is 10.2. The molecule has 0 amide bonds. The Morgan fingerprint density at radius 2 is 2.15 bits per heavy atom. The van der Waals surface area contributed by atoms with Crippen LogP contribution in [0.4, 0.5) is 0 Å². The zero-order chi connectivity index (χ0) is 14.8. The summed E-state index contributed by atoms with van der Waals surface area (Å²) in [7, 11) is 0. The lowest BCUT2D eigenvalue weighted by Gasteiger charge is -2.13. The van der Waals surface area contributed by atoms with Gasteiger partial charge in [0.2, 0.25) is 0 Å². The fraction of sp³-hybridized carbons (Fsp3) is 0.533. The van der Waals surface area contributed by atoms with E-state index in [1.54, 1.807) is 0 Å². The first-order chi connectivity index (χ1) is 9.63. The van der Waals surface area contributed by atoms with Crippen LogP contribution in [0.5, 0.6) is 5.75 Å². The second kappa shape index (κ2) is 9.69. The van der Waals surface area contributed by atoms with Crippen molar-refractivity contribution in [1.82, 2.24) is 0 Å². The minimum atomic E-state index is 0.118. The number of benzene rings is 1. The average Bonchev–Trinajstić information content (AvgIpc) is 2.45. The van der Waals surface area contributed by atoms with Crippen molar-refractivity contribution in [3.05, 3.63) is 29.8 Å². The number of ether oxygens (including phenoxy) is 3. The molecule has 1 aromatic rings. The Morgan fingerprint density at radius 1 is 1.35 bits per heavy atom. The highest BCUT2D eigenvalue weighted by molar-refractivity contribution is 7.80. The fourth-order valence-corrected chi connectivity index (χ4v) is 1.73. The van der Waals surface area contributed by atoms with Gasteiger partial charge in [-0.15, -0.1) is 0 Å². The summed E-state index contributed by atoms with van der Waals surface area (Å²) in [6.07, 6.45) is 0.946. The summed E-state index contributed by atoms with van der Waals surface area (Å²) in [5.74, 6) is 0.776. The maximum atomic E-state index is 5.63. The van der Waals surface area contributed by atoms with Gasteiger partial charge in [-0.1, -0.05) is 24.4 Å². The summed E-state index contributed by atoms with van der Waals surface area (Å²) < 4.78 is 16.5. The summed E-state index contributed by atoms with van der Waals surface area (Å²) in [6, 6.07) is 7.49. The number of rotatable bonds is 10. The fourth-order valence-electron chi connectivity index (χ4n) is 1.60. The van der Waals surface area contributed by atoms with Gasteiger partial charge in [0.15, 0.2) is 0 Å². The van der Waals surface area contributed by atoms with Gasteiger partial charge in [0.05, 0.1) is 25.9 Å². The van der Waals surface area contributed by atoms with Crippen LogP contribution in [0.2, 0.25) is 0 Å². The van der Waals surface area contributed by atoms with E-state index in [9.17, 15) is 0 Å². The van der Waals surface area contributed by atoms with E-state index in [2.05, 4.69) is 0 Å². The predicted molar refractivity (Wildman–Crippen MR) is 84.3 cm³/mol. The highest BCUT2D eigenvalue weighted by Gasteiger charge is 2.02. The van der Waals surface area contributed by atoms with Crippen molar-refractivity contribution in [2.24, 2.45) is 5.73 Å². The summed E-state index contributed by atoms with van der Waals surface area (Å²) in [4.78, 5) is 0.378. The third-order valence-corrected chi connectivity index (χ3v) is 2.87. The Bertz CT molecular complexity index is 412. The molecule has 0 fully saturated rings. The van der Waals surface area contributed by atoms with Crippen LogP contribution in [0.3, 0.4) is 0 Å². The molecule has 0 saturated heterocycles. The Kier molecular flexibility index (Phi) is 8.18. The Morgan fingerprint density at radius 3 is 2.85 bits per heavy atom. The van der Waals surface area contributed by atoms with E-state index in [0.717, 1.165) is 24.3 Å². The molecule has 4 nitrogen and oxygen atoms in total. The van der Waals surface area contributed by atoms with Crippen LogP contribution >= 0.6 is 12.2 Å². The molecule has 1 atom stereocenters. The maximum Gasteiger partial charge on any atom is 0.119 e. The molecule has 0 aliphatic carbocycles. The summed E-state index contributed by atoms with van der Waals surface area (Å²) in [6.45, 7) is 6.58. The number of nitrogens with two attached hydrogens (primary N) is 1. The number of hydrogen-bond acceptors (Lipinski definition) is 4. The van der Waals surface area contributed by atoms with Crippen LogP contribution in [0.25, 0.3) is 0 Å². The highest BCUT2D eigenvalue weighted by atomic mass is 32.1. The number of hydrogen-bond donors (Lipinski definition) is 1. The van der Waals surface area contributed by atoms with Gasteiger partial charge < -0.3 is 19.9 Å². The van der Waals surface area contributed by atoms with Gasteiger partial charge in [-0.2, -0.15) is 0 Å². The van der Waals surface area contributed by atoms with Gasteiger partial charge in [-0.25, -0.2) is 0 Å². The molecule has 0 aliphatic rings. The van der Waals surface area contributed by atoms with Gasteiger partial charge in [0.1, 0.15) is 10.7 Å². The molecule has 1 aromatic carbocycles. The van der Waals surface area contributed by atoms with Crippen molar-refractivity contribution in [1.29, 1.82) is 0 Å². The third-order valence-electron chi connectivity index (χ3n) is 2.64. The van der Waals surface area contributed by atoms with Crippen LogP contribution in [0.1, 0.15) is 25.8 Å². The lowest BCUT2D eigenvalue weighted by molar-refractivity contribution is -0.00666. The van der Waals surface area contributed by atoms with Gasteiger partial charge in [0.25, 0.3) is 0 Å². The summed E-state index contributed by atoms with van der Waals surface area (Å²) >= 11 is 4.93. The minimum absolute atomic E-state index is 0.118. The molecule has 0 aromatic heterocycles. The van der Waals surface area contributed by atoms with E-state index < -0.39 is 0 Å². The van der Waals surface area contributed by atoms with Crippen molar-refractivity contribution in [3.63, 3.8) is 0 Å². The standard InChI is InChI=1S/C15H23NO3S/c1-3-17-11-12(2)18-8-5-9-19-14-7-4-6-13(10-14)15(16)20/h4,6-7,10,12H,3,5,8-9,11H2,1-2H3,(H2,16,20). The highest BCUT2D eigenvalue weighted by Crippen LogP contribution is 2.13. The molecular weight excluding hydrogens is 274 g/mol. The van der Waals surface area contributed by atoms with Crippen molar-refractivity contribution in [3.8, 4) is 5.75 Å². The van der Waals surface area contributed by atoms with Crippen molar-refractivity contribution in [2.45, 2.75) is 26.4 Å². The number of thiocarbonyl (C=S) groups is 1. The zero-order valence-electron chi connectivity index (χ0n) is 12.1. The van der Waals surface area contributed by atoms with E-state index in [1.165, 1.54) is 0 Å². The van der Waals surface area contributed by atoms with E-state index in [-0.39, 0.29) is 6.10 Å². The van der Waals surface area contributed by atoms with E-state index in [1.807, 2.05) is 38.1 Å². The van der Waals surface area contributed by atoms with Gasteiger partial charge in [-0.3, -0.25) is 0 Å². The minimum Gasteiger partial charge on any atom is -0.493 e. The largest absolute Gasteiger partial charge is 0.493 e. The molecular formula is C15H23NO3S. The predicted octanol–water partition coefficient (Wildman–Crippen LogP) is 2.53. The van der Waals surface area contributed by atoms with Crippen LogP contribution in [-0.2, 0) is 9.47 Å². The second-order valence-electron chi connectivity index (χ2n) is 4.43. The molecule has 0 spiro atoms. The van der Waals surface area contributed by atoms with E-state index in [0.29, 0.717) is 24.8 Å². The maximum absolute atomic E-state index is 5.63. The molecule has 20 heavy (non-hydrogen) atoms. The van der Waals surface area contributed by atoms with E-state index >= 15 is 0 Å². The zero-order valence-corrected chi connectivity index (χ0v) is 12.9. The molecule has 0 radical (unpaired) electrons. The Balaban J connectivity index is 2.18. The van der Waals surface area contributed by atoms with Crippen LogP contribution in [-0.4, -0.2) is 37.5 Å². The van der Waals surface area contributed by atoms with Crippen LogP contribution < -0.4 is 10.5 Å². The van der Waals surface area contributed by atoms with Crippen LogP contribution in [0, 0.1) is 0 Å². The smallest absolute Gasteiger partial charge is 0.119 e. The van der Waals surface area contributed by atoms with Gasteiger partial charge in [0, 0.05) is 18.6 Å². The monoisotopic (exact) mass is 297 g/mol. The third kappa shape index (κ3) is 6.84. The molecule has 0 heterocycles. The van der Waals surface area contributed by atoms with Gasteiger partial charge in [-0.05, 0) is 26.0 Å². The van der Waals surface area contributed by atoms with Crippen molar-refractivity contribution < 1.29 is 14.2 Å². The summed E-state index contributed by atoms with van der Waals surface area (Å²) in [5.41, 5.74) is 6.39. The normalized spacial score (nSPS) is 12.1. The lowest BCUT2D eigenvalue weighted by Crippen LogP contribution is -2.17. The molecule has 112 valence electrons. The second-order valence-corrected chi connectivity index (χ2v) is 4.87. The van der Waals surface area contributed by atoms with Crippen LogP contribution in [0.15, 0.2) is 24.3 Å². The topological polar surface area (TPSA) is 53.7 Å². The molecule has 0 bridgehead atoms. The molecule has 0 saturated carbocycles. The van der Waals surface area contributed by atoms with Crippen molar-refractivity contribution >= 4 is 17.2 Å². The molecule has 1 rings (SSSR count). The SMILES string of the molecule is CCOCC(C)OCCCOc1cccc(C(N)=S)c1. The Hall–Kier alpha value is -1.17. The first-order valence-electron chi connectivity index (χ1n) is 6.85. The van der Waals surface area contributed by atoms with Gasteiger partial charge >= 0.3 is 0 Å². The Labute approximate surface area is 126 Å². The average molecular weight is 297 g/mol.